The van der Waals surface area contributed by atoms with Gasteiger partial charge in [0, 0.05) is 6.54 Å². The van der Waals surface area contributed by atoms with Gasteiger partial charge in [-0.15, -0.1) is 0 Å². The van der Waals surface area contributed by atoms with E-state index in [0.717, 1.165) is 5.56 Å². The second kappa shape index (κ2) is 6.52. The first kappa shape index (κ1) is 14.7. The fraction of sp³-hybridized carbons (Fsp3) is 0.500. The van der Waals surface area contributed by atoms with Gasteiger partial charge < -0.3 is 15.2 Å². The molecule has 2 N–H and O–H groups in total. The Morgan fingerprint density at radius 3 is 2.56 bits per heavy atom. The van der Waals surface area contributed by atoms with Gasteiger partial charge in [0.2, 0.25) is 5.91 Å². The van der Waals surface area contributed by atoms with E-state index in [1.165, 1.54) is 0 Å². The first-order valence-corrected chi connectivity index (χ1v) is 6.04. The zero-order valence-corrected chi connectivity index (χ0v) is 11.1. The maximum atomic E-state index is 11.7. The maximum Gasteiger partial charge on any atom is 0.248 e. The molecule has 18 heavy (non-hydrogen) atoms. The van der Waals surface area contributed by atoms with E-state index in [1.807, 2.05) is 30.3 Å². The fourth-order valence-corrected chi connectivity index (χ4v) is 1.32. The van der Waals surface area contributed by atoms with E-state index in [-0.39, 0.29) is 12.5 Å². The van der Waals surface area contributed by atoms with E-state index in [4.69, 9.17) is 4.74 Å². The zero-order valence-electron chi connectivity index (χ0n) is 11.1. The van der Waals surface area contributed by atoms with Crippen molar-refractivity contribution in [3.63, 3.8) is 0 Å². The average molecular weight is 251 g/mol. The summed E-state index contributed by atoms with van der Waals surface area (Å²) in [6, 6.07) is 9.68. The highest BCUT2D eigenvalue weighted by atomic mass is 16.5. The molecule has 0 saturated carbocycles. The van der Waals surface area contributed by atoms with Crippen molar-refractivity contribution < 1.29 is 14.6 Å². The van der Waals surface area contributed by atoms with E-state index in [0.29, 0.717) is 6.61 Å². The van der Waals surface area contributed by atoms with Crippen LogP contribution in [0.15, 0.2) is 30.3 Å². The quantitative estimate of drug-likeness (QED) is 0.805. The van der Waals surface area contributed by atoms with Gasteiger partial charge in [-0.25, -0.2) is 0 Å². The predicted octanol–water partition coefficient (Wildman–Crippen LogP) is 1.48. The third kappa shape index (κ3) is 5.80. The molecule has 0 spiro atoms. The van der Waals surface area contributed by atoms with Gasteiger partial charge in [-0.2, -0.15) is 0 Å². The number of aliphatic hydroxyl groups is 1. The Hall–Kier alpha value is -1.39. The number of hydrogen-bond acceptors (Lipinski definition) is 3. The van der Waals surface area contributed by atoms with Crippen LogP contribution < -0.4 is 5.32 Å². The molecule has 1 aromatic rings. The molecule has 0 fully saturated rings. The highest BCUT2D eigenvalue weighted by molar-refractivity contribution is 5.80. The van der Waals surface area contributed by atoms with E-state index in [9.17, 15) is 9.90 Å². The van der Waals surface area contributed by atoms with Crippen molar-refractivity contribution in [1.29, 1.82) is 0 Å². The summed E-state index contributed by atoms with van der Waals surface area (Å²) in [6.45, 7) is 5.59. The molecule has 1 rings (SSSR count). The number of hydrogen-bond donors (Lipinski definition) is 2. The number of amides is 1. The zero-order chi connectivity index (χ0) is 13.6. The van der Waals surface area contributed by atoms with Gasteiger partial charge in [0.25, 0.3) is 0 Å². The van der Waals surface area contributed by atoms with Crippen molar-refractivity contribution in [3.05, 3.63) is 35.9 Å². The minimum Gasteiger partial charge on any atom is -0.389 e. The highest BCUT2D eigenvalue weighted by Crippen LogP contribution is 2.04. The maximum absolute atomic E-state index is 11.7. The number of rotatable bonds is 6. The molecule has 4 heteroatoms. The molecule has 1 atom stereocenters. The SMILES string of the molecule is C[C@@H](OCc1ccccc1)C(=O)NCC(C)(C)O. The van der Waals surface area contributed by atoms with Crippen molar-refractivity contribution in [2.45, 2.75) is 39.1 Å². The summed E-state index contributed by atoms with van der Waals surface area (Å²) in [5.74, 6) is -0.215. The standard InChI is InChI=1S/C14H21NO3/c1-11(13(16)15-10-14(2,3)17)18-9-12-7-5-4-6-8-12/h4-8,11,17H,9-10H2,1-3H3,(H,15,16)/t11-/m1/s1. The first-order chi connectivity index (χ1) is 8.38. The second-order valence-electron chi connectivity index (χ2n) is 4.97. The minimum atomic E-state index is -0.908. The summed E-state index contributed by atoms with van der Waals surface area (Å²) in [5.41, 5.74) is 0.120. The van der Waals surface area contributed by atoms with Gasteiger partial charge in [0.1, 0.15) is 6.10 Å². The third-order valence-corrected chi connectivity index (χ3v) is 2.41. The number of benzene rings is 1. The van der Waals surface area contributed by atoms with Crippen LogP contribution in [0.2, 0.25) is 0 Å². The summed E-state index contributed by atoms with van der Waals surface area (Å²) >= 11 is 0. The Balaban J connectivity index is 2.32. The lowest BCUT2D eigenvalue weighted by Crippen LogP contribution is -2.42. The number of nitrogens with one attached hydrogen (secondary N) is 1. The highest BCUT2D eigenvalue weighted by Gasteiger charge is 2.18. The van der Waals surface area contributed by atoms with Gasteiger partial charge in [0.15, 0.2) is 0 Å². The lowest BCUT2D eigenvalue weighted by Gasteiger charge is -2.19. The van der Waals surface area contributed by atoms with Gasteiger partial charge in [-0.1, -0.05) is 30.3 Å². The predicted molar refractivity (Wildman–Crippen MR) is 70.0 cm³/mol. The van der Waals surface area contributed by atoms with Crippen molar-refractivity contribution >= 4 is 5.91 Å². The normalized spacial score (nSPS) is 13.1. The molecule has 1 amide bonds. The Bertz CT molecular complexity index is 370. The molecule has 0 aliphatic heterocycles. The molecule has 100 valence electrons. The van der Waals surface area contributed by atoms with E-state index in [1.54, 1.807) is 20.8 Å². The topological polar surface area (TPSA) is 58.6 Å². The number of carbonyl (C=O) groups is 1. The second-order valence-corrected chi connectivity index (χ2v) is 4.97. The molecule has 0 bridgehead atoms. The lowest BCUT2D eigenvalue weighted by molar-refractivity contribution is -0.133. The molecule has 4 nitrogen and oxygen atoms in total. The molecule has 0 aliphatic rings. The van der Waals surface area contributed by atoms with Crippen LogP contribution in [-0.2, 0) is 16.1 Å². The van der Waals surface area contributed by atoms with Crippen LogP contribution in [0.4, 0.5) is 0 Å². The summed E-state index contributed by atoms with van der Waals surface area (Å²) < 4.78 is 5.46. The van der Waals surface area contributed by atoms with E-state index in [2.05, 4.69) is 5.32 Å². The monoisotopic (exact) mass is 251 g/mol. The summed E-state index contributed by atoms with van der Waals surface area (Å²) in [5, 5.41) is 12.1. The van der Waals surface area contributed by atoms with Gasteiger partial charge in [-0.05, 0) is 26.3 Å². The summed E-state index contributed by atoms with van der Waals surface area (Å²) in [4.78, 5) is 11.7. The van der Waals surface area contributed by atoms with Crippen LogP contribution in [0.3, 0.4) is 0 Å². The van der Waals surface area contributed by atoms with Crippen LogP contribution >= 0.6 is 0 Å². The minimum absolute atomic E-state index is 0.213. The molecule has 1 aromatic carbocycles. The number of carbonyl (C=O) groups excluding carboxylic acids is 1. The molecular formula is C14H21NO3. The molecular weight excluding hydrogens is 230 g/mol. The van der Waals surface area contributed by atoms with Crippen LogP contribution in [0.1, 0.15) is 26.3 Å². The van der Waals surface area contributed by atoms with Gasteiger partial charge in [-0.3, -0.25) is 4.79 Å². The molecule has 0 radical (unpaired) electrons. The molecule has 0 aliphatic carbocycles. The van der Waals surface area contributed by atoms with Crippen LogP contribution in [0.25, 0.3) is 0 Å². The Morgan fingerprint density at radius 1 is 1.39 bits per heavy atom. The number of ether oxygens (including phenoxy) is 1. The van der Waals surface area contributed by atoms with Crippen molar-refractivity contribution in [1.82, 2.24) is 5.32 Å². The van der Waals surface area contributed by atoms with Gasteiger partial charge >= 0.3 is 0 Å². The van der Waals surface area contributed by atoms with Crippen LogP contribution in [0.5, 0.6) is 0 Å². The third-order valence-electron chi connectivity index (χ3n) is 2.41. The van der Waals surface area contributed by atoms with Crippen molar-refractivity contribution in [2.24, 2.45) is 0 Å². The van der Waals surface area contributed by atoms with Crippen molar-refractivity contribution in [3.8, 4) is 0 Å². The molecule has 0 saturated heterocycles. The smallest absolute Gasteiger partial charge is 0.248 e. The Kier molecular flexibility index (Phi) is 5.31. The van der Waals surface area contributed by atoms with Crippen LogP contribution in [-0.4, -0.2) is 29.3 Å². The van der Waals surface area contributed by atoms with Gasteiger partial charge in [0.05, 0.1) is 12.2 Å². The largest absolute Gasteiger partial charge is 0.389 e. The first-order valence-electron chi connectivity index (χ1n) is 6.04. The Labute approximate surface area is 108 Å². The molecule has 0 unspecified atom stereocenters. The van der Waals surface area contributed by atoms with E-state index < -0.39 is 11.7 Å². The Morgan fingerprint density at radius 2 is 2.00 bits per heavy atom. The van der Waals surface area contributed by atoms with Crippen molar-refractivity contribution in [2.75, 3.05) is 6.54 Å². The van der Waals surface area contributed by atoms with Crippen LogP contribution in [0, 0.1) is 0 Å². The fourth-order valence-electron chi connectivity index (χ4n) is 1.32. The molecule has 0 heterocycles. The molecule has 0 aromatic heterocycles. The van der Waals surface area contributed by atoms with E-state index >= 15 is 0 Å². The summed E-state index contributed by atoms with van der Waals surface area (Å²) in [7, 11) is 0. The lowest BCUT2D eigenvalue weighted by atomic mass is 10.1. The summed E-state index contributed by atoms with van der Waals surface area (Å²) in [6.07, 6.45) is -0.535. The average Bonchev–Trinajstić information content (AvgIpc) is 2.33.